The number of fused-ring (bicyclic) bond motifs is 3. The Morgan fingerprint density at radius 1 is 1.00 bits per heavy atom. The first-order chi connectivity index (χ1) is 11.2. The fraction of sp³-hybridized carbons (Fsp3) is 0.200. The Labute approximate surface area is 135 Å². The van der Waals surface area contributed by atoms with Crippen LogP contribution in [-0.4, -0.2) is 9.97 Å². The molecule has 4 aromatic rings. The van der Waals surface area contributed by atoms with Crippen LogP contribution in [-0.2, 0) is 6.42 Å². The minimum atomic E-state index is 0.864. The number of hydrogen-bond acceptors (Lipinski definition) is 3. The summed E-state index contributed by atoms with van der Waals surface area (Å²) in [6, 6.07) is 12.5. The highest BCUT2D eigenvalue weighted by Gasteiger charge is 2.15. The average Bonchev–Trinajstić information content (AvgIpc) is 2.94. The molecule has 0 N–H and O–H groups in total. The van der Waals surface area contributed by atoms with Gasteiger partial charge in [0.25, 0.3) is 0 Å². The number of pyridine rings is 2. The molecule has 0 spiro atoms. The zero-order chi connectivity index (χ0) is 16.0. The molecule has 0 amide bonds. The molecule has 0 atom stereocenters. The van der Waals surface area contributed by atoms with Crippen LogP contribution >= 0.6 is 0 Å². The maximum atomic E-state index is 6.18. The van der Waals surface area contributed by atoms with E-state index >= 15 is 0 Å². The minimum Gasteiger partial charge on any atom is -0.453 e. The second-order valence-electron chi connectivity index (χ2n) is 5.92. The number of aromatic nitrogens is 2. The molecule has 0 saturated carbocycles. The Bertz CT molecular complexity index is 1010. The maximum Gasteiger partial charge on any atom is 0.156 e. The topological polar surface area (TPSA) is 38.9 Å². The molecule has 3 aromatic heterocycles. The average molecular weight is 302 g/mol. The third kappa shape index (κ3) is 2.20. The van der Waals surface area contributed by atoms with Crippen molar-refractivity contribution in [3.05, 3.63) is 59.5 Å². The SMILES string of the molecule is CCc1ccc(-c2cccc3c2oc2c(C)nc(C)cc23)nc1. The van der Waals surface area contributed by atoms with Crippen molar-refractivity contribution in [1.29, 1.82) is 0 Å². The van der Waals surface area contributed by atoms with Crippen molar-refractivity contribution >= 4 is 21.9 Å². The van der Waals surface area contributed by atoms with Crippen molar-refractivity contribution in [3.63, 3.8) is 0 Å². The van der Waals surface area contributed by atoms with Crippen molar-refractivity contribution in [2.75, 3.05) is 0 Å². The fourth-order valence-corrected chi connectivity index (χ4v) is 3.10. The van der Waals surface area contributed by atoms with Gasteiger partial charge in [-0.25, -0.2) is 0 Å². The Kier molecular flexibility index (Phi) is 3.15. The lowest BCUT2D eigenvalue weighted by atomic mass is 10.1. The quantitative estimate of drug-likeness (QED) is 0.509. The molecule has 0 aliphatic carbocycles. The first-order valence-electron chi connectivity index (χ1n) is 7.92. The third-order valence-corrected chi connectivity index (χ3v) is 4.29. The summed E-state index contributed by atoms with van der Waals surface area (Å²) >= 11 is 0. The molecule has 4 rings (SSSR count). The molecule has 0 saturated heterocycles. The normalized spacial score (nSPS) is 11.4. The number of rotatable bonds is 2. The van der Waals surface area contributed by atoms with Crippen molar-refractivity contribution in [2.24, 2.45) is 0 Å². The standard InChI is InChI=1S/C20H18N2O/c1-4-14-8-9-18(21-11-14)16-7-5-6-15-17-10-12(2)22-13(3)19(17)23-20(15)16/h5-11H,4H2,1-3H3. The predicted octanol–water partition coefficient (Wildman–Crippen LogP) is 5.22. The number of hydrogen-bond donors (Lipinski definition) is 0. The van der Waals surface area contributed by atoms with Crippen LogP contribution in [0, 0.1) is 13.8 Å². The Morgan fingerprint density at radius 3 is 2.61 bits per heavy atom. The highest BCUT2D eigenvalue weighted by Crippen LogP contribution is 2.36. The van der Waals surface area contributed by atoms with Crippen LogP contribution in [0.25, 0.3) is 33.2 Å². The van der Waals surface area contributed by atoms with Crippen molar-refractivity contribution in [1.82, 2.24) is 9.97 Å². The summed E-state index contributed by atoms with van der Waals surface area (Å²) in [4.78, 5) is 9.12. The van der Waals surface area contributed by atoms with Gasteiger partial charge in [0.2, 0.25) is 0 Å². The number of aryl methyl sites for hydroxylation is 3. The van der Waals surface area contributed by atoms with E-state index in [1.807, 2.05) is 20.0 Å². The monoisotopic (exact) mass is 302 g/mol. The minimum absolute atomic E-state index is 0.864. The molecule has 0 radical (unpaired) electrons. The molecule has 3 heteroatoms. The van der Waals surface area contributed by atoms with Crippen LogP contribution < -0.4 is 0 Å². The lowest BCUT2D eigenvalue weighted by molar-refractivity contribution is 0.663. The van der Waals surface area contributed by atoms with E-state index in [4.69, 9.17) is 4.42 Å². The van der Waals surface area contributed by atoms with Gasteiger partial charge in [0.1, 0.15) is 5.58 Å². The number of furan rings is 1. The summed E-state index contributed by atoms with van der Waals surface area (Å²) in [6.45, 7) is 6.14. The first-order valence-corrected chi connectivity index (χ1v) is 7.92. The van der Waals surface area contributed by atoms with Crippen molar-refractivity contribution in [3.8, 4) is 11.3 Å². The van der Waals surface area contributed by atoms with Gasteiger partial charge in [-0.05, 0) is 44.0 Å². The summed E-state index contributed by atoms with van der Waals surface area (Å²) in [5.41, 5.74) is 6.89. The highest BCUT2D eigenvalue weighted by molar-refractivity contribution is 6.09. The maximum absolute atomic E-state index is 6.18. The van der Waals surface area contributed by atoms with E-state index in [0.29, 0.717) is 0 Å². The number of nitrogens with zero attached hydrogens (tertiary/aromatic N) is 2. The van der Waals surface area contributed by atoms with Gasteiger partial charge in [-0.15, -0.1) is 0 Å². The van der Waals surface area contributed by atoms with Gasteiger partial charge in [0.05, 0.1) is 11.4 Å². The summed E-state index contributed by atoms with van der Waals surface area (Å²) < 4.78 is 6.18. The van der Waals surface area contributed by atoms with E-state index in [0.717, 1.165) is 51.0 Å². The van der Waals surface area contributed by atoms with E-state index < -0.39 is 0 Å². The van der Waals surface area contributed by atoms with Crippen LogP contribution in [0.4, 0.5) is 0 Å². The second kappa shape index (κ2) is 5.20. The van der Waals surface area contributed by atoms with Gasteiger partial charge in [-0.2, -0.15) is 0 Å². The van der Waals surface area contributed by atoms with Gasteiger partial charge >= 0.3 is 0 Å². The zero-order valence-electron chi connectivity index (χ0n) is 13.6. The molecule has 3 nitrogen and oxygen atoms in total. The predicted molar refractivity (Wildman–Crippen MR) is 93.6 cm³/mol. The summed E-state index contributed by atoms with van der Waals surface area (Å²) in [5.74, 6) is 0. The van der Waals surface area contributed by atoms with Crippen molar-refractivity contribution in [2.45, 2.75) is 27.2 Å². The Morgan fingerprint density at radius 2 is 1.87 bits per heavy atom. The molecule has 114 valence electrons. The molecule has 0 unspecified atom stereocenters. The molecule has 3 heterocycles. The fourth-order valence-electron chi connectivity index (χ4n) is 3.10. The Hall–Kier alpha value is -2.68. The first kappa shape index (κ1) is 13.9. The summed E-state index contributed by atoms with van der Waals surface area (Å²) in [6.07, 6.45) is 2.93. The molecule has 23 heavy (non-hydrogen) atoms. The van der Waals surface area contributed by atoms with Crippen LogP contribution in [0.5, 0.6) is 0 Å². The summed E-state index contributed by atoms with van der Waals surface area (Å²) in [5, 5.41) is 2.24. The van der Waals surface area contributed by atoms with Crippen LogP contribution in [0.15, 0.2) is 47.0 Å². The summed E-state index contributed by atoms with van der Waals surface area (Å²) in [7, 11) is 0. The van der Waals surface area contributed by atoms with Crippen LogP contribution in [0.2, 0.25) is 0 Å². The van der Waals surface area contributed by atoms with Gasteiger partial charge in [-0.3, -0.25) is 9.97 Å². The smallest absolute Gasteiger partial charge is 0.156 e. The highest BCUT2D eigenvalue weighted by atomic mass is 16.3. The zero-order valence-corrected chi connectivity index (χ0v) is 13.6. The lowest BCUT2D eigenvalue weighted by Gasteiger charge is -2.03. The molecule has 1 aromatic carbocycles. The van der Waals surface area contributed by atoms with Gasteiger partial charge in [0.15, 0.2) is 5.58 Å². The van der Waals surface area contributed by atoms with Gasteiger partial charge in [0, 0.05) is 28.2 Å². The van der Waals surface area contributed by atoms with Crippen LogP contribution in [0.1, 0.15) is 23.9 Å². The second-order valence-corrected chi connectivity index (χ2v) is 5.92. The van der Waals surface area contributed by atoms with Gasteiger partial charge < -0.3 is 4.42 Å². The molecular weight excluding hydrogens is 284 g/mol. The van der Waals surface area contributed by atoms with E-state index in [1.54, 1.807) is 0 Å². The van der Waals surface area contributed by atoms with E-state index in [1.165, 1.54) is 5.56 Å². The molecular formula is C20H18N2O. The van der Waals surface area contributed by atoms with E-state index in [-0.39, 0.29) is 0 Å². The third-order valence-electron chi connectivity index (χ3n) is 4.29. The molecule has 0 bridgehead atoms. The lowest BCUT2D eigenvalue weighted by Crippen LogP contribution is -1.87. The van der Waals surface area contributed by atoms with Gasteiger partial charge in [-0.1, -0.05) is 25.1 Å². The Balaban J connectivity index is 2.02. The van der Waals surface area contributed by atoms with E-state index in [2.05, 4.69) is 53.3 Å². The molecule has 0 aliphatic heterocycles. The largest absolute Gasteiger partial charge is 0.453 e. The van der Waals surface area contributed by atoms with Crippen LogP contribution in [0.3, 0.4) is 0 Å². The number of benzene rings is 1. The van der Waals surface area contributed by atoms with E-state index in [9.17, 15) is 0 Å². The molecule has 0 fully saturated rings. The van der Waals surface area contributed by atoms with Crippen molar-refractivity contribution < 1.29 is 4.42 Å². The molecule has 0 aliphatic rings. The number of para-hydroxylation sites is 1.